The van der Waals surface area contributed by atoms with Gasteiger partial charge in [-0.05, 0) is 26.2 Å². The Kier molecular flexibility index (Phi) is 4.31. The molecule has 2 saturated carbocycles. The Labute approximate surface area is 107 Å². The van der Waals surface area contributed by atoms with Gasteiger partial charge in [-0.3, -0.25) is 0 Å². The molecule has 3 atom stereocenters. The maximum atomic E-state index is 6.14. The third-order valence-corrected chi connectivity index (χ3v) is 5.55. The molecule has 2 nitrogen and oxygen atoms in total. The number of halogens is 1. The summed E-state index contributed by atoms with van der Waals surface area (Å²) in [4.78, 5) is 0.681. The predicted octanol–water partition coefficient (Wildman–Crippen LogP) is 3.52. The number of alkyl halides is 1. The molecule has 0 aromatic carbocycles. The molecule has 0 heterocycles. The summed E-state index contributed by atoms with van der Waals surface area (Å²) in [5.41, 5.74) is 0.445. The molecular formula is C13H23BrO2. The first-order chi connectivity index (χ1) is 7.69. The van der Waals surface area contributed by atoms with Crippen LogP contribution in [0.15, 0.2) is 0 Å². The lowest BCUT2D eigenvalue weighted by Crippen LogP contribution is -2.57. The Morgan fingerprint density at radius 3 is 2.56 bits per heavy atom. The molecule has 0 radical (unpaired) electrons. The van der Waals surface area contributed by atoms with Gasteiger partial charge in [0, 0.05) is 17.4 Å². The normalized spacial score (nSPS) is 34.7. The van der Waals surface area contributed by atoms with Crippen molar-refractivity contribution in [2.24, 2.45) is 5.41 Å². The van der Waals surface area contributed by atoms with Gasteiger partial charge in [-0.2, -0.15) is 0 Å². The quantitative estimate of drug-likeness (QED) is 0.738. The Bertz CT molecular complexity index is 226. The average Bonchev–Trinajstić information content (AvgIpc) is 2.30. The van der Waals surface area contributed by atoms with E-state index in [9.17, 15) is 0 Å². The Morgan fingerprint density at radius 1 is 1.31 bits per heavy atom. The molecule has 0 aliphatic heterocycles. The Balaban J connectivity index is 1.90. The molecule has 2 rings (SSSR count). The van der Waals surface area contributed by atoms with Crippen LogP contribution in [0.3, 0.4) is 0 Å². The number of hydrogen-bond donors (Lipinski definition) is 0. The first-order valence-electron chi connectivity index (χ1n) is 6.47. The van der Waals surface area contributed by atoms with Crippen molar-refractivity contribution in [3.8, 4) is 0 Å². The zero-order chi connectivity index (χ0) is 11.6. The van der Waals surface area contributed by atoms with Crippen LogP contribution in [-0.2, 0) is 9.47 Å². The van der Waals surface area contributed by atoms with Gasteiger partial charge in [-0.1, -0.05) is 35.2 Å². The van der Waals surface area contributed by atoms with Crippen molar-refractivity contribution in [3.63, 3.8) is 0 Å². The summed E-state index contributed by atoms with van der Waals surface area (Å²) < 4.78 is 11.3. The maximum absolute atomic E-state index is 6.14. The van der Waals surface area contributed by atoms with E-state index >= 15 is 0 Å². The van der Waals surface area contributed by atoms with E-state index in [4.69, 9.17) is 9.47 Å². The molecule has 94 valence electrons. The molecule has 0 N–H and O–H groups in total. The molecule has 2 aliphatic rings. The molecule has 3 heteroatoms. The first kappa shape index (κ1) is 12.8. The largest absolute Gasteiger partial charge is 0.382 e. The zero-order valence-electron chi connectivity index (χ0n) is 10.4. The summed E-state index contributed by atoms with van der Waals surface area (Å²) in [6, 6.07) is 0. The van der Waals surface area contributed by atoms with Crippen molar-refractivity contribution in [2.75, 3.05) is 13.7 Å². The van der Waals surface area contributed by atoms with Gasteiger partial charge in [0.2, 0.25) is 0 Å². The molecule has 0 aromatic rings. The van der Waals surface area contributed by atoms with E-state index in [-0.39, 0.29) is 6.10 Å². The topological polar surface area (TPSA) is 18.5 Å². The van der Waals surface area contributed by atoms with E-state index in [1.165, 1.54) is 38.5 Å². The smallest absolute Gasteiger partial charge is 0.0784 e. The van der Waals surface area contributed by atoms with E-state index in [1.807, 2.05) is 0 Å². The van der Waals surface area contributed by atoms with E-state index in [1.54, 1.807) is 7.11 Å². The minimum Gasteiger partial charge on any atom is -0.382 e. The fourth-order valence-corrected chi connectivity index (χ4v) is 4.38. The number of methoxy groups -OCH3 is 1. The van der Waals surface area contributed by atoms with Crippen molar-refractivity contribution in [1.29, 1.82) is 0 Å². The van der Waals surface area contributed by atoms with E-state index < -0.39 is 0 Å². The second-order valence-electron chi connectivity index (χ2n) is 5.39. The average molecular weight is 291 g/mol. The molecule has 2 fully saturated rings. The van der Waals surface area contributed by atoms with Crippen LogP contribution in [0.1, 0.15) is 45.4 Å². The second kappa shape index (κ2) is 5.36. The van der Waals surface area contributed by atoms with Gasteiger partial charge in [0.15, 0.2) is 0 Å². The van der Waals surface area contributed by atoms with Crippen LogP contribution in [-0.4, -0.2) is 30.8 Å². The fourth-order valence-electron chi connectivity index (χ4n) is 3.29. The van der Waals surface area contributed by atoms with Crippen LogP contribution in [0.5, 0.6) is 0 Å². The highest BCUT2D eigenvalue weighted by Crippen LogP contribution is 2.56. The summed E-state index contributed by atoms with van der Waals surface area (Å²) in [5.74, 6) is 0. The molecule has 3 unspecified atom stereocenters. The number of ether oxygens (including phenoxy) is 2. The maximum Gasteiger partial charge on any atom is 0.0784 e. The molecule has 16 heavy (non-hydrogen) atoms. The lowest BCUT2D eigenvalue weighted by molar-refractivity contribution is -0.155. The predicted molar refractivity (Wildman–Crippen MR) is 69.1 cm³/mol. The van der Waals surface area contributed by atoms with Gasteiger partial charge in [0.1, 0.15) is 0 Å². The standard InChI is InChI=1S/C13H23BrO2/c1-10(9-15-2)16-12-8-11(14)13(12)6-4-3-5-7-13/h10-12H,3-9H2,1-2H3. The van der Waals surface area contributed by atoms with Crippen LogP contribution in [0.25, 0.3) is 0 Å². The van der Waals surface area contributed by atoms with E-state index in [0.29, 0.717) is 23.0 Å². The summed E-state index contributed by atoms with van der Waals surface area (Å²) in [6.45, 7) is 2.82. The fraction of sp³-hybridized carbons (Fsp3) is 1.00. The third kappa shape index (κ3) is 2.32. The number of rotatable bonds is 4. The third-order valence-electron chi connectivity index (χ3n) is 4.27. The van der Waals surface area contributed by atoms with Gasteiger partial charge >= 0.3 is 0 Å². The monoisotopic (exact) mass is 290 g/mol. The Morgan fingerprint density at radius 2 is 2.00 bits per heavy atom. The SMILES string of the molecule is COCC(C)OC1CC(Br)C12CCCCC2. The molecule has 0 saturated heterocycles. The van der Waals surface area contributed by atoms with E-state index in [2.05, 4.69) is 22.9 Å². The lowest BCUT2D eigenvalue weighted by atomic mass is 9.58. The highest BCUT2D eigenvalue weighted by molar-refractivity contribution is 9.09. The van der Waals surface area contributed by atoms with Crippen molar-refractivity contribution < 1.29 is 9.47 Å². The number of hydrogen-bond acceptors (Lipinski definition) is 2. The van der Waals surface area contributed by atoms with Crippen molar-refractivity contribution >= 4 is 15.9 Å². The summed E-state index contributed by atoms with van der Waals surface area (Å²) in [7, 11) is 1.74. The zero-order valence-corrected chi connectivity index (χ0v) is 12.0. The van der Waals surface area contributed by atoms with Gasteiger partial charge in [-0.15, -0.1) is 0 Å². The van der Waals surface area contributed by atoms with Gasteiger partial charge < -0.3 is 9.47 Å². The minimum absolute atomic E-state index is 0.230. The summed E-state index contributed by atoms with van der Waals surface area (Å²) in [6.07, 6.45) is 8.70. The molecule has 2 aliphatic carbocycles. The lowest BCUT2D eigenvalue weighted by Gasteiger charge is -2.56. The van der Waals surface area contributed by atoms with Gasteiger partial charge in [0.25, 0.3) is 0 Å². The highest BCUT2D eigenvalue weighted by Gasteiger charge is 2.54. The molecule has 0 bridgehead atoms. The van der Waals surface area contributed by atoms with E-state index in [0.717, 1.165) is 0 Å². The van der Waals surface area contributed by atoms with Crippen LogP contribution in [0.4, 0.5) is 0 Å². The van der Waals surface area contributed by atoms with Gasteiger partial charge in [0.05, 0.1) is 18.8 Å². The van der Waals surface area contributed by atoms with Crippen molar-refractivity contribution in [3.05, 3.63) is 0 Å². The summed E-state index contributed by atoms with van der Waals surface area (Å²) >= 11 is 3.84. The second-order valence-corrected chi connectivity index (χ2v) is 6.49. The van der Waals surface area contributed by atoms with Crippen molar-refractivity contribution in [1.82, 2.24) is 0 Å². The highest BCUT2D eigenvalue weighted by atomic mass is 79.9. The van der Waals surface area contributed by atoms with Crippen LogP contribution < -0.4 is 0 Å². The molecule has 0 amide bonds. The first-order valence-corrected chi connectivity index (χ1v) is 7.39. The molecule has 0 aromatic heterocycles. The summed E-state index contributed by atoms with van der Waals surface area (Å²) in [5, 5.41) is 0. The van der Waals surface area contributed by atoms with Crippen LogP contribution in [0.2, 0.25) is 0 Å². The minimum atomic E-state index is 0.230. The molecular weight excluding hydrogens is 268 g/mol. The van der Waals surface area contributed by atoms with Crippen LogP contribution in [0, 0.1) is 5.41 Å². The van der Waals surface area contributed by atoms with Crippen molar-refractivity contribution in [2.45, 2.75) is 62.5 Å². The van der Waals surface area contributed by atoms with Crippen LogP contribution >= 0.6 is 15.9 Å². The molecule has 1 spiro atoms. The van der Waals surface area contributed by atoms with Gasteiger partial charge in [-0.25, -0.2) is 0 Å². The Hall–Kier alpha value is 0.400.